The second kappa shape index (κ2) is 5.55. The molecule has 0 aromatic heterocycles. The number of ether oxygens (including phenoxy) is 1. The number of carboxylic acid groups (broad SMARTS) is 1. The van der Waals surface area contributed by atoms with E-state index in [1.54, 1.807) is 0 Å². The lowest BCUT2D eigenvalue weighted by molar-refractivity contribution is -0.145. The minimum atomic E-state index is -1.03. The molecule has 2 rings (SSSR count). The third-order valence-corrected chi connectivity index (χ3v) is 4.53. The van der Waals surface area contributed by atoms with Crippen LogP contribution in [0.15, 0.2) is 0 Å². The van der Waals surface area contributed by atoms with E-state index in [0.29, 0.717) is 24.9 Å². The smallest absolute Gasteiger partial charge is 0.323 e. The fraction of sp³-hybridized carbons (Fsp3) is 0.923. The fourth-order valence-corrected chi connectivity index (χ4v) is 3.21. The molecular weight excluding hydrogens is 232 g/mol. The Labute approximate surface area is 108 Å². The van der Waals surface area contributed by atoms with Gasteiger partial charge in [0, 0.05) is 25.3 Å². The van der Waals surface area contributed by atoms with E-state index in [-0.39, 0.29) is 0 Å². The molecule has 5 nitrogen and oxygen atoms in total. The van der Waals surface area contributed by atoms with Crippen molar-refractivity contribution < 1.29 is 14.6 Å². The van der Waals surface area contributed by atoms with Gasteiger partial charge in [0.05, 0.1) is 0 Å². The molecule has 1 saturated heterocycles. The predicted molar refractivity (Wildman–Crippen MR) is 68.4 cm³/mol. The van der Waals surface area contributed by atoms with Gasteiger partial charge in [-0.1, -0.05) is 0 Å². The maximum absolute atomic E-state index is 11.3. The lowest BCUT2D eigenvalue weighted by atomic mass is 9.78. The molecule has 1 aliphatic carbocycles. The van der Waals surface area contributed by atoms with E-state index >= 15 is 0 Å². The summed E-state index contributed by atoms with van der Waals surface area (Å²) in [6.07, 6.45) is 5.20. The Morgan fingerprint density at radius 2 is 2.00 bits per heavy atom. The highest BCUT2D eigenvalue weighted by atomic mass is 16.5. The zero-order valence-electron chi connectivity index (χ0n) is 11.1. The molecule has 3 N–H and O–H groups in total. The normalized spacial score (nSPS) is 34.7. The zero-order valence-corrected chi connectivity index (χ0v) is 11.1. The molecule has 2 atom stereocenters. The van der Waals surface area contributed by atoms with Crippen LogP contribution in [0.1, 0.15) is 38.5 Å². The highest BCUT2D eigenvalue weighted by Crippen LogP contribution is 2.31. The Morgan fingerprint density at radius 3 is 2.61 bits per heavy atom. The van der Waals surface area contributed by atoms with Crippen molar-refractivity contribution in [2.45, 2.75) is 56.1 Å². The number of carboxylic acids is 1. The SMILES string of the molecule is CN(C1CCOCC1)C1CCCC(N)(C(=O)O)C1. The zero-order chi connectivity index (χ0) is 13.2. The van der Waals surface area contributed by atoms with Crippen LogP contribution in [0.3, 0.4) is 0 Å². The largest absolute Gasteiger partial charge is 0.480 e. The monoisotopic (exact) mass is 256 g/mol. The van der Waals surface area contributed by atoms with Crippen LogP contribution in [-0.2, 0) is 9.53 Å². The molecule has 1 heterocycles. The Hall–Kier alpha value is -0.650. The molecule has 5 heteroatoms. The number of aliphatic carboxylic acids is 1. The summed E-state index contributed by atoms with van der Waals surface area (Å²) in [5.41, 5.74) is 4.98. The van der Waals surface area contributed by atoms with Crippen LogP contribution in [0, 0.1) is 0 Å². The molecule has 0 aromatic rings. The van der Waals surface area contributed by atoms with E-state index < -0.39 is 11.5 Å². The van der Waals surface area contributed by atoms with Crippen LogP contribution in [0.2, 0.25) is 0 Å². The molecule has 0 radical (unpaired) electrons. The minimum Gasteiger partial charge on any atom is -0.480 e. The molecule has 2 unspecified atom stereocenters. The van der Waals surface area contributed by atoms with E-state index in [2.05, 4.69) is 11.9 Å². The van der Waals surface area contributed by atoms with E-state index in [4.69, 9.17) is 10.5 Å². The van der Waals surface area contributed by atoms with Gasteiger partial charge in [0.2, 0.25) is 0 Å². The molecule has 0 amide bonds. The van der Waals surface area contributed by atoms with Crippen molar-refractivity contribution in [2.24, 2.45) is 5.73 Å². The standard InChI is InChI=1S/C13H24N2O3/c1-15(10-4-7-18-8-5-10)11-3-2-6-13(14,9-11)12(16)17/h10-11H,2-9,14H2,1H3,(H,16,17). The second-order valence-electron chi connectivity index (χ2n) is 5.72. The van der Waals surface area contributed by atoms with Crippen molar-refractivity contribution in [3.05, 3.63) is 0 Å². The van der Waals surface area contributed by atoms with Gasteiger partial charge in [-0.2, -0.15) is 0 Å². The van der Waals surface area contributed by atoms with Gasteiger partial charge in [-0.05, 0) is 45.6 Å². The van der Waals surface area contributed by atoms with Gasteiger partial charge in [0.1, 0.15) is 5.54 Å². The Kier molecular flexibility index (Phi) is 4.25. The van der Waals surface area contributed by atoms with Crippen LogP contribution in [0.25, 0.3) is 0 Å². The van der Waals surface area contributed by atoms with Crippen LogP contribution in [-0.4, -0.2) is 53.9 Å². The predicted octanol–water partition coefficient (Wildman–Crippen LogP) is 0.822. The molecule has 18 heavy (non-hydrogen) atoms. The van der Waals surface area contributed by atoms with Crippen molar-refractivity contribution in [3.63, 3.8) is 0 Å². The molecule has 2 fully saturated rings. The van der Waals surface area contributed by atoms with E-state index in [9.17, 15) is 9.90 Å². The topological polar surface area (TPSA) is 75.8 Å². The first kappa shape index (κ1) is 13.8. The van der Waals surface area contributed by atoms with Gasteiger partial charge in [0.25, 0.3) is 0 Å². The van der Waals surface area contributed by atoms with Crippen LogP contribution >= 0.6 is 0 Å². The summed E-state index contributed by atoms with van der Waals surface area (Å²) in [6.45, 7) is 1.63. The summed E-state index contributed by atoms with van der Waals surface area (Å²) < 4.78 is 5.37. The second-order valence-corrected chi connectivity index (χ2v) is 5.72. The summed E-state index contributed by atoms with van der Waals surface area (Å²) >= 11 is 0. The molecule has 2 aliphatic rings. The quantitative estimate of drug-likeness (QED) is 0.782. The molecule has 104 valence electrons. The first-order chi connectivity index (χ1) is 8.53. The van der Waals surface area contributed by atoms with Gasteiger partial charge in [-0.3, -0.25) is 4.79 Å². The van der Waals surface area contributed by atoms with E-state index in [1.165, 1.54) is 0 Å². The van der Waals surface area contributed by atoms with Crippen molar-refractivity contribution >= 4 is 5.97 Å². The molecular formula is C13H24N2O3. The van der Waals surface area contributed by atoms with Gasteiger partial charge in [0.15, 0.2) is 0 Å². The van der Waals surface area contributed by atoms with E-state index in [0.717, 1.165) is 38.9 Å². The van der Waals surface area contributed by atoms with E-state index in [1.807, 2.05) is 0 Å². The molecule has 1 saturated carbocycles. The maximum Gasteiger partial charge on any atom is 0.323 e. The van der Waals surface area contributed by atoms with Crippen molar-refractivity contribution in [1.29, 1.82) is 0 Å². The van der Waals surface area contributed by atoms with Crippen molar-refractivity contribution in [3.8, 4) is 0 Å². The Balaban J connectivity index is 1.97. The highest BCUT2D eigenvalue weighted by molar-refractivity contribution is 5.78. The lowest BCUT2D eigenvalue weighted by Crippen LogP contribution is -2.56. The van der Waals surface area contributed by atoms with Gasteiger partial charge in [-0.25, -0.2) is 0 Å². The fourth-order valence-electron chi connectivity index (χ4n) is 3.21. The molecule has 0 aromatic carbocycles. The maximum atomic E-state index is 11.3. The molecule has 0 bridgehead atoms. The number of rotatable bonds is 3. The Bertz CT molecular complexity index is 305. The van der Waals surface area contributed by atoms with Crippen molar-refractivity contribution in [1.82, 2.24) is 4.90 Å². The number of hydrogen-bond donors (Lipinski definition) is 2. The highest BCUT2D eigenvalue weighted by Gasteiger charge is 2.41. The van der Waals surface area contributed by atoms with Gasteiger partial charge >= 0.3 is 5.97 Å². The van der Waals surface area contributed by atoms with Crippen LogP contribution < -0.4 is 5.73 Å². The first-order valence-corrected chi connectivity index (χ1v) is 6.85. The lowest BCUT2D eigenvalue weighted by Gasteiger charge is -2.43. The third kappa shape index (κ3) is 2.84. The number of nitrogens with zero attached hydrogens (tertiary/aromatic N) is 1. The third-order valence-electron chi connectivity index (χ3n) is 4.53. The molecule has 0 spiro atoms. The summed E-state index contributed by atoms with van der Waals surface area (Å²) in [4.78, 5) is 13.6. The Morgan fingerprint density at radius 1 is 1.33 bits per heavy atom. The average molecular weight is 256 g/mol. The van der Waals surface area contributed by atoms with Gasteiger partial charge in [-0.15, -0.1) is 0 Å². The minimum absolute atomic E-state index is 0.294. The molecule has 1 aliphatic heterocycles. The first-order valence-electron chi connectivity index (χ1n) is 6.85. The number of nitrogens with two attached hydrogens (primary N) is 1. The van der Waals surface area contributed by atoms with Crippen LogP contribution in [0.4, 0.5) is 0 Å². The number of hydrogen-bond acceptors (Lipinski definition) is 4. The summed E-state index contributed by atoms with van der Waals surface area (Å²) in [6, 6.07) is 0.808. The van der Waals surface area contributed by atoms with Crippen molar-refractivity contribution in [2.75, 3.05) is 20.3 Å². The van der Waals surface area contributed by atoms with Crippen LogP contribution in [0.5, 0.6) is 0 Å². The summed E-state index contributed by atoms with van der Waals surface area (Å²) in [7, 11) is 2.11. The number of carbonyl (C=O) groups is 1. The van der Waals surface area contributed by atoms with Gasteiger partial charge < -0.3 is 20.5 Å². The average Bonchev–Trinajstić information content (AvgIpc) is 2.39. The summed E-state index contributed by atoms with van der Waals surface area (Å²) in [5.74, 6) is -0.854. The summed E-state index contributed by atoms with van der Waals surface area (Å²) in [5, 5.41) is 9.24.